The highest BCUT2D eigenvalue weighted by Gasteiger charge is 2.41. The molecule has 0 radical (unpaired) electrons. The first-order valence-electron chi connectivity index (χ1n) is 5.23. The zero-order chi connectivity index (χ0) is 10.7. The Labute approximate surface area is 95.1 Å². The lowest BCUT2D eigenvalue weighted by molar-refractivity contribution is -0.275. The van der Waals surface area contributed by atoms with Crippen molar-refractivity contribution < 1.29 is 9.47 Å². The molecule has 0 N–H and O–H groups in total. The molecule has 1 aliphatic heterocycles. The van der Waals surface area contributed by atoms with Gasteiger partial charge in [-0.25, -0.2) is 0 Å². The molecular weight excluding hydrogens is 212 g/mol. The Hall–Kier alpha value is -0.570. The van der Waals surface area contributed by atoms with Gasteiger partial charge in [-0.05, 0) is 13.3 Å². The summed E-state index contributed by atoms with van der Waals surface area (Å²) in [6.07, 6.45) is 0.929. The van der Waals surface area contributed by atoms with Crippen LogP contribution in [0.25, 0.3) is 0 Å². The first-order chi connectivity index (χ1) is 7.26. The van der Waals surface area contributed by atoms with Gasteiger partial charge in [0.25, 0.3) is 0 Å². The van der Waals surface area contributed by atoms with Gasteiger partial charge in [0.05, 0.1) is 18.6 Å². The Morgan fingerprint density at radius 3 is 2.33 bits per heavy atom. The van der Waals surface area contributed by atoms with E-state index in [-0.39, 0.29) is 5.38 Å². The highest BCUT2D eigenvalue weighted by Crippen LogP contribution is 2.36. The van der Waals surface area contributed by atoms with Crippen LogP contribution in [0.3, 0.4) is 0 Å². The second-order valence-corrected chi connectivity index (χ2v) is 4.35. The Bertz CT molecular complexity index is 305. The zero-order valence-corrected chi connectivity index (χ0v) is 9.54. The first kappa shape index (κ1) is 10.9. The van der Waals surface area contributed by atoms with Crippen molar-refractivity contribution in [2.45, 2.75) is 24.5 Å². The number of hydrogen-bond donors (Lipinski definition) is 0. The summed E-state index contributed by atoms with van der Waals surface area (Å²) >= 11 is 6.20. The van der Waals surface area contributed by atoms with Gasteiger partial charge in [-0.2, -0.15) is 0 Å². The Morgan fingerprint density at radius 2 is 1.80 bits per heavy atom. The van der Waals surface area contributed by atoms with Gasteiger partial charge in [-0.3, -0.25) is 0 Å². The van der Waals surface area contributed by atoms with Gasteiger partial charge >= 0.3 is 0 Å². The summed E-state index contributed by atoms with van der Waals surface area (Å²) in [7, 11) is 0. The van der Waals surface area contributed by atoms with E-state index >= 15 is 0 Å². The maximum absolute atomic E-state index is 6.20. The van der Waals surface area contributed by atoms with E-state index in [1.165, 1.54) is 0 Å². The molecule has 3 heteroatoms. The van der Waals surface area contributed by atoms with E-state index in [1.54, 1.807) is 0 Å². The maximum Gasteiger partial charge on any atom is 0.211 e. The third-order valence-electron chi connectivity index (χ3n) is 2.62. The fourth-order valence-corrected chi connectivity index (χ4v) is 2.10. The van der Waals surface area contributed by atoms with E-state index in [0.29, 0.717) is 13.2 Å². The molecule has 1 aliphatic rings. The van der Waals surface area contributed by atoms with Crippen molar-refractivity contribution in [1.82, 2.24) is 0 Å². The molecule has 1 saturated heterocycles. The molecule has 1 aromatic carbocycles. The van der Waals surface area contributed by atoms with E-state index in [1.807, 2.05) is 37.3 Å². The van der Waals surface area contributed by atoms with Crippen LogP contribution in [0.5, 0.6) is 0 Å². The Balaban J connectivity index is 2.34. The summed E-state index contributed by atoms with van der Waals surface area (Å²) in [6, 6.07) is 9.89. The number of hydrogen-bond acceptors (Lipinski definition) is 2. The molecule has 1 fully saturated rings. The van der Waals surface area contributed by atoms with Gasteiger partial charge in [0, 0.05) is 5.56 Å². The largest absolute Gasteiger partial charge is 0.345 e. The van der Waals surface area contributed by atoms with Crippen LogP contribution in [0.15, 0.2) is 30.3 Å². The molecule has 15 heavy (non-hydrogen) atoms. The molecule has 0 saturated carbocycles. The zero-order valence-electron chi connectivity index (χ0n) is 8.78. The molecule has 0 amide bonds. The lowest BCUT2D eigenvalue weighted by Crippen LogP contribution is -2.44. The molecule has 2 nitrogen and oxygen atoms in total. The molecule has 0 spiro atoms. The number of benzene rings is 1. The lowest BCUT2D eigenvalue weighted by Gasteiger charge is -2.39. The highest BCUT2D eigenvalue weighted by molar-refractivity contribution is 6.21. The van der Waals surface area contributed by atoms with E-state index in [9.17, 15) is 0 Å². The molecule has 1 heterocycles. The minimum Gasteiger partial charge on any atom is -0.345 e. The third-order valence-corrected chi connectivity index (χ3v) is 2.91. The maximum atomic E-state index is 6.20. The van der Waals surface area contributed by atoms with Crippen molar-refractivity contribution >= 4 is 11.6 Å². The molecular formula is C12H15ClO2. The number of halogens is 1. The summed E-state index contributed by atoms with van der Waals surface area (Å²) in [5.41, 5.74) is 0.993. The van der Waals surface area contributed by atoms with Gasteiger partial charge < -0.3 is 9.47 Å². The monoisotopic (exact) mass is 226 g/mol. The van der Waals surface area contributed by atoms with Crippen LogP contribution in [0.1, 0.15) is 18.9 Å². The van der Waals surface area contributed by atoms with Gasteiger partial charge in [0.15, 0.2) is 0 Å². The van der Waals surface area contributed by atoms with E-state index in [2.05, 4.69) is 0 Å². The van der Waals surface area contributed by atoms with Crippen molar-refractivity contribution in [3.8, 4) is 0 Å². The lowest BCUT2D eigenvalue weighted by atomic mass is 10.0. The number of rotatable bonds is 2. The summed E-state index contributed by atoms with van der Waals surface area (Å²) in [5, 5.41) is -0.208. The van der Waals surface area contributed by atoms with Crippen molar-refractivity contribution in [3.05, 3.63) is 35.9 Å². The van der Waals surface area contributed by atoms with Gasteiger partial charge in [-0.15, -0.1) is 11.6 Å². The van der Waals surface area contributed by atoms with Crippen molar-refractivity contribution in [1.29, 1.82) is 0 Å². The molecule has 1 unspecified atom stereocenters. The minimum absolute atomic E-state index is 0.208. The quantitative estimate of drug-likeness (QED) is 0.722. The SMILES string of the molecule is CC(Cl)C1(c2ccccc2)OCCCO1. The van der Waals surface area contributed by atoms with Gasteiger partial charge in [0.2, 0.25) is 5.79 Å². The van der Waals surface area contributed by atoms with Crippen LogP contribution in [-0.4, -0.2) is 18.6 Å². The molecule has 82 valence electrons. The van der Waals surface area contributed by atoms with Gasteiger partial charge in [-0.1, -0.05) is 30.3 Å². The Morgan fingerprint density at radius 1 is 1.20 bits per heavy atom. The Kier molecular flexibility index (Phi) is 3.29. The molecule has 0 aliphatic carbocycles. The molecule has 1 atom stereocenters. The van der Waals surface area contributed by atoms with Crippen LogP contribution in [0.4, 0.5) is 0 Å². The van der Waals surface area contributed by atoms with Crippen LogP contribution in [0, 0.1) is 0 Å². The second-order valence-electron chi connectivity index (χ2n) is 3.70. The van der Waals surface area contributed by atoms with Crippen molar-refractivity contribution in [2.24, 2.45) is 0 Å². The standard InChI is InChI=1S/C12H15ClO2/c1-10(13)12(14-8-5-9-15-12)11-6-3-2-4-7-11/h2-4,6-7,10H,5,8-9H2,1H3. The number of alkyl halides is 1. The predicted octanol–water partition coefficient (Wildman–Crippen LogP) is 2.90. The van der Waals surface area contributed by atoms with Crippen LogP contribution >= 0.6 is 11.6 Å². The second kappa shape index (κ2) is 4.52. The van der Waals surface area contributed by atoms with E-state index in [4.69, 9.17) is 21.1 Å². The molecule has 0 bridgehead atoms. The highest BCUT2D eigenvalue weighted by atomic mass is 35.5. The summed E-state index contributed by atoms with van der Waals surface area (Å²) < 4.78 is 11.5. The van der Waals surface area contributed by atoms with E-state index in [0.717, 1.165) is 12.0 Å². The smallest absolute Gasteiger partial charge is 0.211 e. The van der Waals surface area contributed by atoms with Crippen LogP contribution in [-0.2, 0) is 15.3 Å². The summed E-state index contributed by atoms with van der Waals surface area (Å²) in [4.78, 5) is 0. The summed E-state index contributed by atoms with van der Waals surface area (Å²) in [6.45, 7) is 3.30. The van der Waals surface area contributed by atoms with Crippen LogP contribution < -0.4 is 0 Å². The van der Waals surface area contributed by atoms with Crippen LogP contribution in [0.2, 0.25) is 0 Å². The third kappa shape index (κ3) is 2.03. The molecule has 2 rings (SSSR count). The first-order valence-corrected chi connectivity index (χ1v) is 5.67. The average Bonchev–Trinajstić information content (AvgIpc) is 2.31. The topological polar surface area (TPSA) is 18.5 Å². The fraction of sp³-hybridized carbons (Fsp3) is 0.500. The fourth-order valence-electron chi connectivity index (χ4n) is 1.84. The molecule has 0 aromatic heterocycles. The molecule has 1 aromatic rings. The summed E-state index contributed by atoms with van der Waals surface area (Å²) in [5.74, 6) is -0.763. The van der Waals surface area contributed by atoms with E-state index < -0.39 is 5.79 Å². The van der Waals surface area contributed by atoms with Crippen molar-refractivity contribution in [2.75, 3.05) is 13.2 Å². The number of ether oxygens (including phenoxy) is 2. The predicted molar refractivity (Wildman–Crippen MR) is 60.0 cm³/mol. The van der Waals surface area contributed by atoms with Gasteiger partial charge in [0.1, 0.15) is 0 Å². The average molecular weight is 227 g/mol. The van der Waals surface area contributed by atoms with Crippen molar-refractivity contribution in [3.63, 3.8) is 0 Å². The minimum atomic E-state index is -0.763. The normalized spacial score (nSPS) is 22.3.